The number of rotatable bonds is 6. The minimum absolute atomic E-state index is 0.0489. The number of ether oxygens (including phenoxy) is 2. The molecule has 2 aromatic carbocycles. The smallest absolute Gasteiger partial charge is 0.338 e. The van der Waals surface area contributed by atoms with Crippen molar-refractivity contribution in [2.45, 2.75) is 19.9 Å². The molecule has 0 unspecified atom stereocenters. The molecular weight excluding hydrogens is 456 g/mol. The molecule has 8 nitrogen and oxygen atoms in total. The number of allylic oxidation sites excluding steroid dienone is 1. The average Bonchev–Trinajstić information content (AvgIpc) is 3.13. The maximum absolute atomic E-state index is 13.5. The average molecular weight is 478 g/mol. The van der Waals surface area contributed by atoms with Crippen LogP contribution in [0.25, 0.3) is 6.08 Å². The summed E-state index contributed by atoms with van der Waals surface area (Å²) in [7, 11) is 1.56. The fraction of sp³-hybridized carbons (Fsp3) is 0.200. The first-order valence-electron chi connectivity index (χ1n) is 10.5. The minimum Gasteiger partial charge on any atom is -0.545 e. The summed E-state index contributed by atoms with van der Waals surface area (Å²) < 4.78 is 12.4. The van der Waals surface area contributed by atoms with Gasteiger partial charge in [-0.2, -0.15) is 0 Å². The largest absolute Gasteiger partial charge is 0.545 e. The van der Waals surface area contributed by atoms with Crippen molar-refractivity contribution < 1.29 is 24.2 Å². The van der Waals surface area contributed by atoms with E-state index in [0.717, 1.165) is 0 Å². The van der Waals surface area contributed by atoms with Crippen molar-refractivity contribution in [2.24, 2.45) is 4.99 Å². The summed E-state index contributed by atoms with van der Waals surface area (Å²) in [6.45, 7) is 3.63. The molecule has 0 saturated heterocycles. The number of aromatic nitrogens is 1. The van der Waals surface area contributed by atoms with Gasteiger partial charge in [0.15, 0.2) is 4.80 Å². The van der Waals surface area contributed by atoms with Crippen LogP contribution in [0.2, 0.25) is 0 Å². The fourth-order valence-corrected chi connectivity index (χ4v) is 4.81. The molecule has 1 aliphatic heterocycles. The lowest BCUT2D eigenvalue weighted by atomic mass is 9.96. The van der Waals surface area contributed by atoms with Crippen molar-refractivity contribution in [1.82, 2.24) is 4.57 Å². The lowest BCUT2D eigenvalue weighted by Crippen LogP contribution is -2.39. The van der Waals surface area contributed by atoms with Gasteiger partial charge < -0.3 is 19.4 Å². The van der Waals surface area contributed by atoms with Crippen molar-refractivity contribution in [1.29, 1.82) is 0 Å². The highest BCUT2D eigenvalue weighted by molar-refractivity contribution is 7.07. The summed E-state index contributed by atoms with van der Waals surface area (Å²) in [5.41, 5.74) is 1.87. The number of esters is 1. The van der Waals surface area contributed by atoms with Gasteiger partial charge in [0, 0.05) is 0 Å². The molecule has 2 heterocycles. The Kier molecular flexibility index (Phi) is 6.47. The van der Waals surface area contributed by atoms with Crippen molar-refractivity contribution >= 4 is 29.4 Å². The van der Waals surface area contributed by atoms with Crippen LogP contribution in [0.3, 0.4) is 0 Å². The Labute approximate surface area is 198 Å². The van der Waals surface area contributed by atoms with E-state index in [1.807, 2.05) is 0 Å². The first-order chi connectivity index (χ1) is 16.3. The molecule has 174 valence electrons. The van der Waals surface area contributed by atoms with E-state index >= 15 is 0 Å². The Morgan fingerprint density at radius 3 is 2.41 bits per heavy atom. The molecule has 0 spiro atoms. The third-order valence-corrected chi connectivity index (χ3v) is 6.38. The summed E-state index contributed by atoms with van der Waals surface area (Å²) in [5, 5.41) is 11.0. The first-order valence-corrected chi connectivity index (χ1v) is 11.3. The third-order valence-electron chi connectivity index (χ3n) is 5.39. The molecule has 0 N–H and O–H groups in total. The number of benzene rings is 2. The second-order valence-corrected chi connectivity index (χ2v) is 8.49. The van der Waals surface area contributed by atoms with E-state index in [-0.39, 0.29) is 17.7 Å². The topological polar surface area (TPSA) is 110 Å². The van der Waals surface area contributed by atoms with Crippen LogP contribution in [-0.4, -0.2) is 30.2 Å². The SMILES string of the molecule is CCOC(=O)C1=C(C)N=c2s/c(=C/c3ccc(C(=O)[O-])cc3)c(=O)n2[C@H]1c1ccc(OC)cc1. The Balaban J connectivity index is 1.90. The van der Waals surface area contributed by atoms with Crippen molar-refractivity contribution in [3.63, 3.8) is 0 Å². The predicted molar refractivity (Wildman–Crippen MR) is 124 cm³/mol. The van der Waals surface area contributed by atoms with Crippen LogP contribution in [-0.2, 0) is 9.53 Å². The monoisotopic (exact) mass is 477 g/mol. The molecule has 0 radical (unpaired) electrons. The molecule has 1 aliphatic rings. The van der Waals surface area contributed by atoms with Crippen molar-refractivity contribution in [3.05, 3.63) is 96.2 Å². The van der Waals surface area contributed by atoms with E-state index in [2.05, 4.69) is 4.99 Å². The molecule has 0 fully saturated rings. The lowest BCUT2D eigenvalue weighted by Gasteiger charge is -2.24. The summed E-state index contributed by atoms with van der Waals surface area (Å²) in [6, 6.07) is 12.4. The molecule has 1 atom stereocenters. The summed E-state index contributed by atoms with van der Waals surface area (Å²) >= 11 is 1.19. The number of carbonyl (C=O) groups is 2. The van der Waals surface area contributed by atoms with Crippen molar-refractivity contribution in [2.75, 3.05) is 13.7 Å². The summed E-state index contributed by atoms with van der Waals surface area (Å²) in [4.78, 5) is 42.4. The van der Waals surface area contributed by atoms with E-state index in [9.17, 15) is 19.5 Å². The highest BCUT2D eigenvalue weighted by atomic mass is 32.1. The molecule has 0 aliphatic carbocycles. The Morgan fingerprint density at radius 1 is 1.15 bits per heavy atom. The first kappa shape index (κ1) is 23.2. The second-order valence-electron chi connectivity index (χ2n) is 7.48. The quantitative estimate of drug-likeness (QED) is 0.493. The van der Waals surface area contributed by atoms with Crippen LogP contribution < -0.4 is 24.7 Å². The zero-order valence-corrected chi connectivity index (χ0v) is 19.5. The van der Waals surface area contributed by atoms with E-state index in [4.69, 9.17) is 9.47 Å². The highest BCUT2D eigenvalue weighted by Gasteiger charge is 2.33. The predicted octanol–water partition coefficient (Wildman–Crippen LogP) is 1.17. The zero-order valence-electron chi connectivity index (χ0n) is 18.7. The van der Waals surface area contributed by atoms with E-state index in [0.29, 0.717) is 37.5 Å². The Bertz CT molecular complexity index is 1460. The van der Waals surface area contributed by atoms with Gasteiger partial charge in [0.05, 0.1) is 41.5 Å². The van der Waals surface area contributed by atoms with Crippen LogP contribution in [0.4, 0.5) is 0 Å². The normalized spacial score (nSPS) is 15.5. The Hall–Kier alpha value is -3.98. The van der Waals surface area contributed by atoms with Crippen LogP contribution >= 0.6 is 11.3 Å². The molecule has 9 heteroatoms. The number of fused-ring (bicyclic) bond motifs is 1. The van der Waals surface area contributed by atoms with Gasteiger partial charge >= 0.3 is 5.97 Å². The third kappa shape index (κ3) is 4.29. The van der Waals surface area contributed by atoms with E-state index in [1.54, 1.807) is 63.4 Å². The number of carboxylic acids is 1. The molecule has 4 rings (SSSR count). The number of thiazole rings is 1. The lowest BCUT2D eigenvalue weighted by molar-refractivity contribution is -0.255. The number of carbonyl (C=O) groups excluding carboxylic acids is 2. The summed E-state index contributed by atoms with van der Waals surface area (Å²) in [5.74, 6) is -1.15. The van der Waals surface area contributed by atoms with Gasteiger partial charge in [-0.15, -0.1) is 0 Å². The maximum Gasteiger partial charge on any atom is 0.338 e. The number of aromatic carboxylic acids is 1. The standard InChI is InChI=1S/C25H22N2O6S/c1-4-33-24(31)20-14(2)26-25-27(21(20)16-9-11-18(32-3)12-10-16)22(28)19(34-25)13-15-5-7-17(8-6-15)23(29)30/h5-13,21H,4H2,1-3H3,(H,29,30)/p-1/b19-13+/t21-/m0/s1. The van der Waals surface area contributed by atoms with Gasteiger partial charge in [-0.3, -0.25) is 9.36 Å². The Morgan fingerprint density at radius 2 is 1.82 bits per heavy atom. The second kappa shape index (κ2) is 9.48. The highest BCUT2D eigenvalue weighted by Crippen LogP contribution is 2.31. The number of carboxylic acid groups (broad SMARTS) is 1. The molecule has 1 aromatic heterocycles. The van der Waals surface area contributed by atoms with Crippen molar-refractivity contribution in [3.8, 4) is 5.75 Å². The van der Waals surface area contributed by atoms with Gasteiger partial charge in [-0.05, 0) is 48.7 Å². The molecule has 0 bridgehead atoms. The van der Waals surface area contributed by atoms with Gasteiger partial charge in [-0.1, -0.05) is 47.7 Å². The molecule has 0 saturated carbocycles. The van der Waals surface area contributed by atoms with Crippen LogP contribution in [0, 0.1) is 0 Å². The van der Waals surface area contributed by atoms with Gasteiger partial charge in [-0.25, -0.2) is 9.79 Å². The van der Waals surface area contributed by atoms with Gasteiger partial charge in [0.25, 0.3) is 5.56 Å². The van der Waals surface area contributed by atoms with Crippen LogP contribution in [0.15, 0.2) is 69.6 Å². The van der Waals surface area contributed by atoms with E-state index < -0.39 is 18.0 Å². The molecule has 34 heavy (non-hydrogen) atoms. The van der Waals surface area contributed by atoms with Crippen LogP contribution in [0.5, 0.6) is 5.75 Å². The zero-order chi connectivity index (χ0) is 24.4. The molecular formula is C25H21N2O6S-. The number of hydrogen-bond acceptors (Lipinski definition) is 8. The van der Waals surface area contributed by atoms with E-state index in [1.165, 1.54) is 28.0 Å². The van der Waals surface area contributed by atoms with Gasteiger partial charge in [0.2, 0.25) is 0 Å². The van der Waals surface area contributed by atoms with Gasteiger partial charge in [0.1, 0.15) is 5.75 Å². The van der Waals surface area contributed by atoms with Crippen LogP contribution in [0.1, 0.15) is 41.4 Å². The number of nitrogens with zero attached hydrogens (tertiary/aromatic N) is 2. The molecule has 3 aromatic rings. The minimum atomic E-state index is -1.27. The number of methoxy groups -OCH3 is 1. The number of hydrogen-bond donors (Lipinski definition) is 0. The maximum atomic E-state index is 13.5. The summed E-state index contributed by atoms with van der Waals surface area (Å²) in [6.07, 6.45) is 1.66. The fourth-order valence-electron chi connectivity index (χ4n) is 3.76. The molecule has 0 amide bonds.